The van der Waals surface area contributed by atoms with E-state index in [0.717, 1.165) is 5.69 Å². The van der Waals surface area contributed by atoms with E-state index in [4.69, 9.17) is 0 Å². The van der Waals surface area contributed by atoms with Gasteiger partial charge in [0.1, 0.15) is 0 Å². The van der Waals surface area contributed by atoms with E-state index in [-0.39, 0.29) is 5.41 Å². The summed E-state index contributed by atoms with van der Waals surface area (Å²) in [5.74, 6) is 0. The second-order valence-electron chi connectivity index (χ2n) is 16.9. The molecule has 0 bridgehead atoms. The van der Waals surface area contributed by atoms with E-state index in [2.05, 4.69) is 217 Å². The molecule has 10 aromatic carbocycles. The standard InChI is InChI=1S/C57H38N2/c1-57(2)51-20-10-7-17-44(51)48-33-50-49-31-36(35-23-26-37(27-24-35)58-53-21-11-8-18-45(53)46-19-9-12-22-54(46)58)25-30-55(49)59(56(50)34-52(48)57)38-28-29-43-41-15-4-3-13-39(41)40-14-5-6-16-42(40)47(43)32-38/h3-34H,1-2H3. The van der Waals surface area contributed by atoms with Crippen molar-refractivity contribution in [1.29, 1.82) is 0 Å². The summed E-state index contributed by atoms with van der Waals surface area (Å²) >= 11 is 0. The Morgan fingerprint density at radius 2 is 0.780 bits per heavy atom. The van der Waals surface area contributed by atoms with Gasteiger partial charge in [0.25, 0.3) is 0 Å². The van der Waals surface area contributed by atoms with Crippen LogP contribution < -0.4 is 0 Å². The first-order valence-electron chi connectivity index (χ1n) is 20.7. The van der Waals surface area contributed by atoms with E-state index in [9.17, 15) is 0 Å². The van der Waals surface area contributed by atoms with E-state index in [1.807, 2.05) is 0 Å². The fraction of sp³-hybridized carbons (Fsp3) is 0.0526. The number of rotatable bonds is 3. The van der Waals surface area contributed by atoms with Crippen LogP contribution in [0.15, 0.2) is 194 Å². The van der Waals surface area contributed by atoms with Gasteiger partial charge in [0.15, 0.2) is 0 Å². The van der Waals surface area contributed by atoms with Gasteiger partial charge in [-0.25, -0.2) is 0 Å². The Kier molecular flexibility index (Phi) is 6.54. The highest BCUT2D eigenvalue weighted by Crippen LogP contribution is 2.51. The van der Waals surface area contributed by atoms with Gasteiger partial charge in [-0.3, -0.25) is 0 Å². The van der Waals surface area contributed by atoms with Gasteiger partial charge in [0.05, 0.1) is 22.1 Å². The van der Waals surface area contributed by atoms with Crippen molar-refractivity contribution in [2.45, 2.75) is 19.3 Å². The van der Waals surface area contributed by atoms with E-state index in [0.29, 0.717) is 0 Å². The molecule has 0 saturated heterocycles. The summed E-state index contributed by atoms with van der Waals surface area (Å²) < 4.78 is 4.91. The Balaban J connectivity index is 1.04. The molecule has 0 N–H and O–H groups in total. The lowest BCUT2D eigenvalue weighted by atomic mass is 9.82. The van der Waals surface area contributed by atoms with E-state index in [1.165, 1.54) is 115 Å². The number of nitrogens with zero attached hydrogens (tertiary/aromatic N) is 2. The van der Waals surface area contributed by atoms with Gasteiger partial charge in [-0.05, 0) is 126 Å². The van der Waals surface area contributed by atoms with E-state index < -0.39 is 0 Å². The summed E-state index contributed by atoms with van der Waals surface area (Å²) in [6.45, 7) is 4.76. The second-order valence-corrected chi connectivity index (χ2v) is 16.9. The van der Waals surface area contributed by atoms with Crippen molar-refractivity contribution in [3.05, 3.63) is 205 Å². The summed E-state index contributed by atoms with van der Waals surface area (Å²) in [5, 5.41) is 12.8. The number of hydrogen-bond donors (Lipinski definition) is 0. The molecule has 0 unspecified atom stereocenters. The highest BCUT2D eigenvalue weighted by atomic mass is 15.0. The average Bonchev–Trinajstić information content (AvgIpc) is 3.88. The molecule has 2 nitrogen and oxygen atoms in total. The number of fused-ring (bicyclic) bond motifs is 15. The van der Waals surface area contributed by atoms with Gasteiger partial charge < -0.3 is 9.13 Å². The van der Waals surface area contributed by atoms with Crippen molar-refractivity contribution in [2.24, 2.45) is 0 Å². The molecule has 0 atom stereocenters. The molecule has 13 rings (SSSR count). The monoisotopic (exact) mass is 750 g/mol. The van der Waals surface area contributed by atoms with E-state index >= 15 is 0 Å². The topological polar surface area (TPSA) is 9.86 Å². The minimum absolute atomic E-state index is 0.108. The first-order chi connectivity index (χ1) is 29.0. The van der Waals surface area contributed by atoms with Crippen LogP contribution in [-0.4, -0.2) is 9.13 Å². The van der Waals surface area contributed by atoms with Crippen LogP contribution in [0.5, 0.6) is 0 Å². The quantitative estimate of drug-likeness (QED) is 0.159. The molecule has 0 radical (unpaired) electrons. The number of benzene rings is 10. The third kappa shape index (κ3) is 4.46. The van der Waals surface area contributed by atoms with Crippen molar-refractivity contribution < 1.29 is 0 Å². The molecule has 1 aliphatic carbocycles. The van der Waals surface area contributed by atoms with Crippen molar-refractivity contribution >= 4 is 75.9 Å². The van der Waals surface area contributed by atoms with Crippen LogP contribution >= 0.6 is 0 Å². The minimum atomic E-state index is -0.108. The molecule has 2 heteroatoms. The summed E-state index contributed by atoms with van der Waals surface area (Å²) in [5.41, 5.74) is 15.0. The summed E-state index contributed by atoms with van der Waals surface area (Å²) in [6.07, 6.45) is 0. The zero-order valence-electron chi connectivity index (χ0n) is 32.9. The second kappa shape index (κ2) is 11.8. The molecule has 0 fully saturated rings. The smallest absolute Gasteiger partial charge is 0.0544 e. The maximum Gasteiger partial charge on any atom is 0.0544 e. The van der Waals surface area contributed by atoms with Crippen molar-refractivity contribution in [2.75, 3.05) is 0 Å². The normalized spacial score (nSPS) is 13.4. The Morgan fingerprint density at radius 1 is 0.288 bits per heavy atom. The zero-order valence-corrected chi connectivity index (χ0v) is 32.9. The largest absolute Gasteiger partial charge is 0.309 e. The molecule has 0 amide bonds. The fourth-order valence-electron chi connectivity index (χ4n) is 10.7. The molecule has 0 spiro atoms. The molecule has 12 aromatic rings. The summed E-state index contributed by atoms with van der Waals surface area (Å²) in [7, 11) is 0. The van der Waals surface area contributed by atoms with Crippen LogP contribution in [-0.2, 0) is 5.41 Å². The Labute approximate surface area is 341 Å². The maximum absolute atomic E-state index is 2.52. The van der Waals surface area contributed by atoms with E-state index in [1.54, 1.807) is 0 Å². The molecule has 59 heavy (non-hydrogen) atoms. The summed E-state index contributed by atoms with van der Waals surface area (Å²) in [4.78, 5) is 0. The number of para-hydroxylation sites is 2. The minimum Gasteiger partial charge on any atom is -0.309 e. The van der Waals surface area contributed by atoms with Crippen LogP contribution in [0.25, 0.3) is 110 Å². The molecule has 0 saturated carbocycles. The Morgan fingerprint density at radius 3 is 1.46 bits per heavy atom. The summed E-state index contributed by atoms with van der Waals surface area (Å²) in [6, 6.07) is 72.4. The van der Waals surface area contributed by atoms with Crippen LogP contribution in [0.2, 0.25) is 0 Å². The Hall–Kier alpha value is -7.42. The van der Waals surface area contributed by atoms with Crippen molar-refractivity contribution in [3.63, 3.8) is 0 Å². The lowest BCUT2D eigenvalue weighted by Crippen LogP contribution is -2.14. The fourth-order valence-corrected chi connectivity index (χ4v) is 10.7. The first kappa shape index (κ1) is 32.6. The van der Waals surface area contributed by atoms with Crippen molar-refractivity contribution in [3.8, 4) is 33.6 Å². The molecular weight excluding hydrogens is 713 g/mol. The highest BCUT2D eigenvalue weighted by Gasteiger charge is 2.36. The third-order valence-electron chi connectivity index (χ3n) is 13.5. The third-order valence-corrected chi connectivity index (χ3v) is 13.5. The zero-order chi connectivity index (χ0) is 39.0. The van der Waals surface area contributed by atoms with Crippen LogP contribution in [0.3, 0.4) is 0 Å². The molecule has 276 valence electrons. The number of aromatic nitrogens is 2. The molecule has 2 heterocycles. The van der Waals surface area contributed by atoms with Gasteiger partial charge in [-0.1, -0.05) is 147 Å². The van der Waals surface area contributed by atoms with Gasteiger partial charge >= 0.3 is 0 Å². The number of hydrogen-bond acceptors (Lipinski definition) is 0. The van der Waals surface area contributed by atoms with Crippen LogP contribution in [0.1, 0.15) is 25.0 Å². The SMILES string of the molecule is CC1(C)c2ccccc2-c2cc3c4cc(-c5ccc(-n6c7ccccc7c7ccccc76)cc5)ccc4n(-c4ccc5c6ccccc6c6ccccc6c5c4)c3cc21. The lowest BCUT2D eigenvalue weighted by Gasteiger charge is -2.21. The highest BCUT2D eigenvalue weighted by molar-refractivity contribution is 6.26. The molecular formula is C57H38N2. The van der Waals surface area contributed by atoms with Gasteiger partial charge in [0.2, 0.25) is 0 Å². The predicted octanol–water partition coefficient (Wildman–Crippen LogP) is 15.3. The molecule has 2 aromatic heterocycles. The van der Waals surface area contributed by atoms with Gasteiger partial charge in [-0.2, -0.15) is 0 Å². The maximum atomic E-state index is 2.52. The van der Waals surface area contributed by atoms with Gasteiger partial charge in [0, 0.05) is 38.3 Å². The van der Waals surface area contributed by atoms with Crippen molar-refractivity contribution in [1.82, 2.24) is 9.13 Å². The first-order valence-corrected chi connectivity index (χ1v) is 20.7. The van der Waals surface area contributed by atoms with Crippen LogP contribution in [0, 0.1) is 0 Å². The molecule has 0 aliphatic heterocycles. The molecule has 1 aliphatic rings. The van der Waals surface area contributed by atoms with Crippen LogP contribution in [0.4, 0.5) is 0 Å². The van der Waals surface area contributed by atoms with Gasteiger partial charge in [-0.15, -0.1) is 0 Å². The predicted molar refractivity (Wildman–Crippen MR) is 251 cm³/mol. The average molecular weight is 751 g/mol. The Bertz CT molecular complexity index is 3650. The lowest BCUT2D eigenvalue weighted by molar-refractivity contribution is 0.661.